The number of nitrogens with two attached hydrogens (primary N) is 1. The van der Waals surface area contributed by atoms with Crippen molar-refractivity contribution in [2.24, 2.45) is 10.7 Å². The molecule has 0 bridgehead atoms. The first kappa shape index (κ1) is 12.0. The normalized spacial score (nSPS) is 12.3. The molecule has 0 saturated carbocycles. The SMILES string of the molecule is N=CN=C(N)c1ccccc1OC(F)(F)F. The molecule has 0 fully saturated rings. The van der Waals surface area contributed by atoms with Gasteiger partial charge in [-0.1, -0.05) is 12.1 Å². The Balaban J connectivity index is 3.10. The van der Waals surface area contributed by atoms with E-state index in [1.54, 1.807) is 0 Å². The molecule has 7 heteroatoms. The van der Waals surface area contributed by atoms with Gasteiger partial charge in [-0.15, -0.1) is 13.2 Å². The molecular formula is C9H8F3N3O. The lowest BCUT2D eigenvalue weighted by Crippen LogP contribution is -2.21. The predicted molar refractivity (Wildman–Crippen MR) is 52.6 cm³/mol. The molecule has 0 heterocycles. The summed E-state index contributed by atoms with van der Waals surface area (Å²) in [5.41, 5.74) is 5.37. The van der Waals surface area contributed by atoms with Gasteiger partial charge in [0.05, 0.1) is 5.56 Å². The Labute approximate surface area is 89.1 Å². The smallest absolute Gasteiger partial charge is 0.405 e. The van der Waals surface area contributed by atoms with Crippen LogP contribution in [0.25, 0.3) is 0 Å². The third-order valence-corrected chi connectivity index (χ3v) is 1.59. The minimum atomic E-state index is -4.79. The number of rotatable bonds is 3. The van der Waals surface area contributed by atoms with Crippen LogP contribution in [0.4, 0.5) is 13.2 Å². The van der Waals surface area contributed by atoms with Crippen LogP contribution < -0.4 is 10.5 Å². The highest BCUT2D eigenvalue weighted by Gasteiger charge is 2.32. The predicted octanol–water partition coefficient (Wildman–Crippen LogP) is 1.90. The maximum absolute atomic E-state index is 12.0. The zero-order valence-corrected chi connectivity index (χ0v) is 7.95. The first-order valence-corrected chi connectivity index (χ1v) is 4.11. The second-order valence-electron chi connectivity index (χ2n) is 2.69. The number of nitrogens with one attached hydrogen (secondary N) is 1. The number of hydrogen-bond donors (Lipinski definition) is 2. The summed E-state index contributed by atoms with van der Waals surface area (Å²) in [6.45, 7) is 0. The lowest BCUT2D eigenvalue weighted by atomic mass is 10.2. The van der Waals surface area contributed by atoms with Gasteiger partial charge in [0, 0.05) is 0 Å². The van der Waals surface area contributed by atoms with Crippen LogP contribution in [0, 0.1) is 5.41 Å². The minimum absolute atomic E-state index is 0.0108. The Morgan fingerprint density at radius 1 is 1.38 bits per heavy atom. The average Bonchev–Trinajstić information content (AvgIpc) is 2.16. The van der Waals surface area contributed by atoms with Crippen LogP contribution in [0.15, 0.2) is 29.3 Å². The summed E-state index contributed by atoms with van der Waals surface area (Å²) in [5, 5.41) is 6.68. The zero-order chi connectivity index (χ0) is 12.2. The summed E-state index contributed by atoms with van der Waals surface area (Å²) >= 11 is 0. The molecule has 0 aliphatic carbocycles. The molecule has 1 aromatic carbocycles. The van der Waals surface area contributed by atoms with E-state index >= 15 is 0 Å². The molecule has 0 amide bonds. The fourth-order valence-electron chi connectivity index (χ4n) is 1.03. The van der Waals surface area contributed by atoms with Gasteiger partial charge >= 0.3 is 6.36 Å². The van der Waals surface area contributed by atoms with Gasteiger partial charge in [-0.05, 0) is 12.1 Å². The number of para-hydroxylation sites is 1. The van der Waals surface area contributed by atoms with Crippen molar-refractivity contribution in [2.45, 2.75) is 6.36 Å². The molecule has 0 aliphatic heterocycles. The van der Waals surface area contributed by atoms with Crippen molar-refractivity contribution in [1.29, 1.82) is 5.41 Å². The number of ether oxygens (including phenoxy) is 1. The fourth-order valence-corrected chi connectivity index (χ4v) is 1.03. The Morgan fingerprint density at radius 2 is 2.00 bits per heavy atom. The highest BCUT2D eigenvalue weighted by Crippen LogP contribution is 2.25. The van der Waals surface area contributed by atoms with Crippen LogP contribution in [-0.2, 0) is 0 Å². The third-order valence-electron chi connectivity index (χ3n) is 1.59. The van der Waals surface area contributed by atoms with Crippen molar-refractivity contribution in [1.82, 2.24) is 0 Å². The molecule has 0 aliphatic rings. The fraction of sp³-hybridized carbons (Fsp3) is 0.111. The summed E-state index contributed by atoms with van der Waals surface area (Å²) in [6.07, 6.45) is -4.15. The molecule has 0 aromatic heterocycles. The lowest BCUT2D eigenvalue weighted by Gasteiger charge is -2.12. The van der Waals surface area contributed by atoms with Crippen molar-refractivity contribution in [3.8, 4) is 5.75 Å². The summed E-state index contributed by atoms with van der Waals surface area (Å²) in [5.74, 6) is -0.659. The summed E-state index contributed by atoms with van der Waals surface area (Å²) in [6, 6.07) is 5.31. The minimum Gasteiger partial charge on any atom is -0.405 e. The number of alkyl halides is 3. The van der Waals surface area contributed by atoms with E-state index in [2.05, 4.69) is 9.73 Å². The van der Waals surface area contributed by atoms with E-state index < -0.39 is 12.1 Å². The molecule has 3 N–H and O–H groups in total. The quantitative estimate of drug-likeness (QED) is 0.616. The van der Waals surface area contributed by atoms with Gasteiger partial charge in [0.2, 0.25) is 0 Å². The monoisotopic (exact) mass is 231 g/mol. The van der Waals surface area contributed by atoms with Gasteiger partial charge in [-0.25, -0.2) is 4.99 Å². The van der Waals surface area contributed by atoms with Crippen LogP contribution in [0.5, 0.6) is 5.75 Å². The third kappa shape index (κ3) is 3.26. The van der Waals surface area contributed by atoms with Crippen LogP contribution >= 0.6 is 0 Å². The number of aliphatic imine (C=N–C) groups is 1. The maximum Gasteiger partial charge on any atom is 0.573 e. The molecule has 1 rings (SSSR count). The van der Waals surface area contributed by atoms with Crippen molar-refractivity contribution in [3.63, 3.8) is 0 Å². The van der Waals surface area contributed by atoms with E-state index in [1.807, 2.05) is 0 Å². The van der Waals surface area contributed by atoms with Gasteiger partial charge in [0.15, 0.2) is 0 Å². The Hall–Kier alpha value is -2.05. The molecular weight excluding hydrogens is 223 g/mol. The van der Waals surface area contributed by atoms with E-state index in [0.717, 1.165) is 6.07 Å². The van der Waals surface area contributed by atoms with Gasteiger partial charge in [-0.2, -0.15) is 0 Å². The van der Waals surface area contributed by atoms with Crippen molar-refractivity contribution >= 4 is 12.2 Å². The Morgan fingerprint density at radius 3 is 2.56 bits per heavy atom. The van der Waals surface area contributed by atoms with Crippen molar-refractivity contribution in [2.75, 3.05) is 0 Å². The summed E-state index contributed by atoms with van der Waals surface area (Å²) in [7, 11) is 0. The first-order chi connectivity index (χ1) is 7.44. The van der Waals surface area contributed by atoms with Gasteiger partial charge in [0.1, 0.15) is 17.9 Å². The van der Waals surface area contributed by atoms with Gasteiger partial charge in [0.25, 0.3) is 0 Å². The average molecular weight is 231 g/mol. The largest absolute Gasteiger partial charge is 0.573 e. The number of halogens is 3. The molecule has 0 unspecified atom stereocenters. The molecule has 0 atom stereocenters. The Kier molecular flexibility index (Phi) is 3.49. The zero-order valence-electron chi connectivity index (χ0n) is 7.95. The van der Waals surface area contributed by atoms with Crippen LogP contribution in [0.3, 0.4) is 0 Å². The molecule has 0 spiro atoms. The van der Waals surface area contributed by atoms with E-state index in [4.69, 9.17) is 11.1 Å². The van der Waals surface area contributed by atoms with E-state index in [-0.39, 0.29) is 11.4 Å². The maximum atomic E-state index is 12.0. The van der Waals surface area contributed by atoms with Crippen molar-refractivity contribution in [3.05, 3.63) is 29.8 Å². The van der Waals surface area contributed by atoms with E-state index in [0.29, 0.717) is 6.34 Å². The number of hydrogen-bond acceptors (Lipinski definition) is 2. The molecule has 0 radical (unpaired) electrons. The summed E-state index contributed by atoms with van der Waals surface area (Å²) < 4.78 is 39.8. The molecule has 0 saturated heterocycles. The lowest BCUT2D eigenvalue weighted by molar-refractivity contribution is -0.274. The second-order valence-corrected chi connectivity index (χ2v) is 2.69. The van der Waals surface area contributed by atoms with Crippen LogP contribution in [-0.4, -0.2) is 18.5 Å². The van der Waals surface area contributed by atoms with E-state index in [1.165, 1.54) is 18.2 Å². The topological polar surface area (TPSA) is 71.5 Å². The first-order valence-electron chi connectivity index (χ1n) is 4.11. The van der Waals surface area contributed by atoms with Crippen LogP contribution in [0.2, 0.25) is 0 Å². The highest BCUT2D eigenvalue weighted by atomic mass is 19.4. The second kappa shape index (κ2) is 4.65. The van der Waals surface area contributed by atoms with Gasteiger partial charge in [-0.3, -0.25) is 5.41 Å². The standard InChI is InChI=1S/C9H8F3N3O/c10-9(11,12)16-7-4-2-1-3-6(7)8(14)15-5-13/h1-5H,(H3,13,14,15). The number of nitrogens with zero attached hydrogens (tertiary/aromatic N) is 1. The Bertz CT molecular complexity index is 415. The molecule has 1 aromatic rings. The molecule has 16 heavy (non-hydrogen) atoms. The molecule has 86 valence electrons. The van der Waals surface area contributed by atoms with Crippen molar-refractivity contribution < 1.29 is 17.9 Å². The summed E-state index contributed by atoms with van der Waals surface area (Å²) in [4.78, 5) is 3.37. The van der Waals surface area contributed by atoms with Crippen LogP contribution in [0.1, 0.15) is 5.56 Å². The number of benzene rings is 1. The molecule has 4 nitrogen and oxygen atoms in total. The number of amidine groups is 1. The van der Waals surface area contributed by atoms with E-state index in [9.17, 15) is 13.2 Å². The highest BCUT2D eigenvalue weighted by molar-refractivity contribution is 6.03. The van der Waals surface area contributed by atoms with Gasteiger partial charge < -0.3 is 10.5 Å².